The maximum atomic E-state index is 11.9. The van der Waals surface area contributed by atoms with E-state index in [2.05, 4.69) is 0 Å². The number of carbonyl (C=O) groups excluding carboxylic acids is 1. The highest BCUT2D eigenvalue weighted by Gasteiger charge is 2.36. The van der Waals surface area contributed by atoms with Crippen molar-refractivity contribution in [1.29, 1.82) is 0 Å². The maximum Gasteiger partial charge on any atom is 0.313 e. The molecule has 1 atom stereocenters. The molecule has 0 radical (unpaired) electrons. The summed E-state index contributed by atoms with van der Waals surface area (Å²) < 4.78 is 10.7. The molecule has 24 heavy (non-hydrogen) atoms. The number of rotatable bonds is 6. The number of halogens is 1. The summed E-state index contributed by atoms with van der Waals surface area (Å²) in [6, 6.07) is 17.0. The third-order valence-corrected chi connectivity index (χ3v) is 3.95. The molecule has 0 unspecified atom stereocenters. The topological polar surface area (TPSA) is 61.5 Å². The summed E-state index contributed by atoms with van der Waals surface area (Å²) in [6.07, 6.45) is 0. The van der Waals surface area contributed by atoms with E-state index in [9.17, 15) is 4.79 Å². The normalized spacial score (nSPS) is 12.0. The van der Waals surface area contributed by atoms with Crippen molar-refractivity contribution in [2.75, 3.05) is 7.11 Å². The molecule has 0 aliphatic heterocycles. The summed E-state index contributed by atoms with van der Waals surface area (Å²) >= 11 is 0. The van der Waals surface area contributed by atoms with E-state index in [1.165, 1.54) is 7.11 Å². The van der Waals surface area contributed by atoms with Gasteiger partial charge in [0.1, 0.15) is 12.4 Å². The Morgan fingerprint density at radius 2 is 1.79 bits per heavy atom. The second kappa shape index (κ2) is 8.71. The van der Waals surface area contributed by atoms with Gasteiger partial charge in [-0.25, -0.2) is 0 Å². The van der Waals surface area contributed by atoms with Crippen molar-refractivity contribution in [2.45, 2.75) is 26.5 Å². The van der Waals surface area contributed by atoms with Crippen molar-refractivity contribution in [3.8, 4) is 5.75 Å². The molecule has 4 nitrogen and oxygen atoms in total. The van der Waals surface area contributed by atoms with Crippen LogP contribution in [0.4, 0.5) is 0 Å². The lowest BCUT2D eigenvalue weighted by atomic mass is 9.81. The van der Waals surface area contributed by atoms with Crippen LogP contribution in [0.3, 0.4) is 0 Å². The number of carbonyl (C=O) groups is 1. The molecule has 0 saturated heterocycles. The van der Waals surface area contributed by atoms with E-state index in [1.54, 1.807) is 13.8 Å². The zero-order valence-corrected chi connectivity index (χ0v) is 15.0. The minimum atomic E-state index is -0.813. The van der Waals surface area contributed by atoms with E-state index in [1.807, 2.05) is 54.6 Å². The van der Waals surface area contributed by atoms with Crippen LogP contribution in [0.2, 0.25) is 0 Å². The summed E-state index contributed by atoms with van der Waals surface area (Å²) in [4.78, 5) is 11.9. The summed E-state index contributed by atoms with van der Waals surface area (Å²) in [7, 11) is 1.37. The van der Waals surface area contributed by atoms with Crippen molar-refractivity contribution >= 4 is 18.4 Å². The smallest absolute Gasteiger partial charge is 0.313 e. The van der Waals surface area contributed by atoms with E-state index in [0.717, 1.165) is 16.9 Å². The fourth-order valence-electron chi connectivity index (χ4n) is 2.35. The standard InChI is InChI=1S/C19H23NO3.ClH/c1-19(2,18(21)22-3)17(20)15-10-7-11-16(12-15)23-13-14-8-5-4-6-9-14;/h4-12,17H,13,20H2,1-3H3;1H/t17-;/m1./s1. The molecule has 2 aromatic rings. The highest BCUT2D eigenvalue weighted by atomic mass is 35.5. The van der Waals surface area contributed by atoms with Gasteiger partial charge in [-0.15, -0.1) is 12.4 Å². The molecule has 0 bridgehead atoms. The molecular formula is C19H24ClNO3. The van der Waals surface area contributed by atoms with Crippen molar-refractivity contribution < 1.29 is 14.3 Å². The quantitative estimate of drug-likeness (QED) is 0.804. The molecule has 0 aromatic heterocycles. The fraction of sp³-hybridized carbons (Fsp3) is 0.316. The molecule has 0 heterocycles. The largest absolute Gasteiger partial charge is 0.489 e. The van der Waals surface area contributed by atoms with Gasteiger partial charge in [-0.2, -0.15) is 0 Å². The van der Waals surface area contributed by atoms with Gasteiger partial charge in [0.25, 0.3) is 0 Å². The Hall–Kier alpha value is -2.04. The van der Waals surface area contributed by atoms with Gasteiger partial charge in [0.15, 0.2) is 0 Å². The van der Waals surface area contributed by atoms with Gasteiger partial charge in [-0.3, -0.25) is 4.79 Å². The molecule has 2 aromatic carbocycles. The second-order valence-corrected chi connectivity index (χ2v) is 6.04. The van der Waals surface area contributed by atoms with Crippen LogP contribution in [-0.4, -0.2) is 13.1 Å². The van der Waals surface area contributed by atoms with Gasteiger partial charge in [0.05, 0.1) is 12.5 Å². The van der Waals surface area contributed by atoms with Gasteiger partial charge in [-0.1, -0.05) is 42.5 Å². The summed E-state index contributed by atoms with van der Waals surface area (Å²) in [5.41, 5.74) is 7.39. The van der Waals surface area contributed by atoms with Crippen LogP contribution >= 0.6 is 12.4 Å². The van der Waals surface area contributed by atoms with Gasteiger partial charge in [0.2, 0.25) is 0 Å². The minimum Gasteiger partial charge on any atom is -0.489 e. The van der Waals surface area contributed by atoms with Gasteiger partial charge in [-0.05, 0) is 37.1 Å². The first-order chi connectivity index (χ1) is 10.9. The lowest BCUT2D eigenvalue weighted by molar-refractivity contribution is -0.152. The number of nitrogens with two attached hydrogens (primary N) is 1. The van der Waals surface area contributed by atoms with Crippen LogP contribution in [0.25, 0.3) is 0 Å². The van der Waals surface area contributed by atoms with E-state index >= 15 is 0 Å². The van der Waals surface area contributed by atoms with Crippen LogP contribution in [-0.2, 0) is 16.1 Å². The minimum absolute atomic E-state index is 0. The Bertz CT molecular complexity index is 659. The molecular weight excluding hydrogens is 326 g/mol. The average Bonchev–Trinajstić information content (AvgIpc) is 2.59. The fourth-order valence-corrected chi connectivity index (χ4v) is 2.35. The first-order valence-corrected chi connectivity index (χ1v) is 7.56. The molecule has 0 amide bonds. The Morgan fingerprint density at radius 1 is 1.12 bits per heavy atom. The Morgan fingerprint density at radius 3 is 2.42 bits per heavy atom. The number of methoxy groups -OCH3 is 1. The van der Waals surface area contributed by atoms with Crippen molar-refractivity contribution in [1.82, 2.24) is 0 Å². The molecule has 2 rings (SSSR count). The van der Waals surface area contributed by atoms with Gasteiger partial charge >= 0.3 is 5.97 Å². The molecule has 0 spiro atoms. The molecule has 0 fully saturated rings. The Kier molecular flexibility index (Phi) is 7.26. The lowest BCUT2D eigenvalue weighted by Crippen LogP contribution is -2.37. The number of hydrogen-bond donors (Lipinski definition) is 1. The average molecular weight is 350 g/mol. The first kappa shape index (κ1) is 20.0. The highest BCUT2D eigenvalue weighted by molar-refractivity contribution is 5.85. The summed E-state index contributed by atoms with van der Waals surface area (Å²) in [5, 5.41) is 0. The van der Waals surface area contributed by atoms with Crippen molar-refractivity contribution in [3.05, 3.63) is 65.7 Å². The first-order valence-electron chi connectivity index (χ1n) is 7.56. The molecule has 0 aliphatic rings. The van der Waals surface area contributed by atoms with E-state index < -0.39 is 11.5 Å². The Labute approximate surface area is 149 Å². The van der Waals surface area contributed by atoms with E-state index in [-0.39, 0.29) is 18.4 Å². The third kappa shape index (κ3) is 4.73. The van der Waals surface area contributed by atoms with Crippen LogP contribution in [0.1, 0.15) is 31.0 Å². The number of benzene rings is 2. The summed E-state index contributed by atoms with van der Waals surface area (Å²) in [6.45, 7) is 4.04. The van der Waals surface area contributed by atoms with Crippen molar-refractivity contribution in [2.24, 2.45) is 11.1 Å². The van der Waals surface area contributed by atoms with E-state index in [0.29, 0.717) is 6.61 Å². The molecule has 0 aliphatic carbocycles. The number of hydrogen-bond acceptors (Lipinski definition) is 4. The third-order valence-electron chi connectivity index (χ3n) is 3.95. The van der Waals surface area contributed by atoms with E-state index in [4.69, 9.17) is 15.2 Å². The molecule has 5 heteroatoms. The van der Waals surface area contributed by atoms with Crippen LogP contribution in [0.5, 0.6) is 5.75 Å². The highest BCUT2D eigenvalue weighted by Crippen LogP contribution is 2.33. The SMILES string of the molecule is COC(=O)C(C)(C)[C@H](N)c1cccc(OCc2ccccc2)c1.Cl. The maximum absolute atomic E-state index is 11.9. The number of ether oxygens (including phenoxy) is 2. The van der Waals surface area contributed by atoms with Gasteiger partial charge < -0.3 is 15.2 Å². The Balaban J connectivity index is 0.00000288. The van der Waals surface area contributed by atoms with Crippen LogP contribution in [0, 0.1) is 5.41 Å². The molecule has 2 N–H and O–H groups in total. The second-order valence-electron chi connectivity index (χ2n) is 6.04. The predicted molar refractivity (Wildman–Crippen MR) is 97.2 cm³/mol. The molecule has 0 saturated carbocycles. The monoisotopic (exact) mass is 349 g/mol. The van der Waals surface area contributed by atoms with Gasteiger partial charge in [0, 0.05) is 6.04 Å². The summed E-state index contributed by atoms with van der Waals surface area (Å²) in [5.74, 6) is 0.392. The zero-order chi connectivity index (χ0) is 16.9. The van der Waals surface area contributed by atoms with Crippen LogP contribution < -0.4 is 10.5 Å². The number of esters is 1. The zero-order valence-electron chi connectivity index (χ0n) is 14.2. The lowest BCUT2D eigenvalue weighted by Gasteiger charge is -2.29. The van der Waals surface area contributed by atoms with Crippen LogP contribution in [0.15, 0.2) is 54.6 Å². The van der Waals surface area contributed by atoms with Crippen molar-refractivity contribution in [3.63, 3.8) is 0 Å². The molecule has 130 valence electrons. The predicted octanol–water partition coefficient (Wildman–Crippen LogP) is 3.89.